The molecule has 27 heavy (non-hydrogen) atoms. The highest BCUT2D eigenvalue weighted by Gasteiger charge is 2.09. The molecular weight excluding hydrogens is 338 g/mol. The van der Waals surface area contributed by atoms with E-state index in [-0.39, 0.29) is 18.4 Å². The van der Waals surface area contributed by atoms with Gasteiger partial charge >= 0.3 is 0 Å². The van der Waals surface area contributed by atoms with E-state index in [1.807, 2.05) is 62.4 Å². The number of carbonyl (C=O) groups is 2. The predicted octanol–water partition coefficient (Wildman–Crippen LogP) is 4.85. The largest absolute Gasteiger partial charge is 0.376 e. The number of benzene rings is 2. The number of hydrogen-bond donors (Lipinski definition) is 3. The van der Waals surface area contributed by atoms with Crippen LogP contribution in [0.25, 0.3) is 0 Å². The Morgan fingerprint density at radius 1 is 0.815 bits per heavy atom. The Labute approximate surface area is 161 Å². The second-order valence-corrected chi connectivity index (χ2v) is 7.37. The van der Waals surface area contributed by atoms with Gasteiger partial charge in [0.15, 0.2) is 0 Å². The fourth-order valence-corrected chi connectivity index (χ4v) is 2.75. The van der Waals surface area contributed by atoms with Crippen molar-refractivity contribution in [3.05, 3.63) is 54.1 Å². The lowest BCUT2D eigenvalue weighted by Gasteiger charge is -2.14. The monoisotopic (exact) mass is 367 g/mol. The first-order valence-corrected chi connectivity index (χ1v) is 9.37. The lowest BCUT2D eigenvalue weighted by atomic mass is 10.0. The predicted molar refractivity (Wildman–Crippen MR) is 112 cm³/mol. The lowest BCUT2D eigenvalue weighted by Crippen LogP contribution is -2.22. The van der Waals surface area contributed by atoms with Crippen LogP contribution in [0.5, 0.6) is 0 Å². The summed E-state index contributed by atoms with van der Waals surface area (Å²) in [5, 5.41) is 8.93. The summed E-state index contributed by atoms with van der Waals surface area (Å²) < 4.78 is 0. The van der Waals surface area contributed by atoms with Gasteiger partial charge in [0.05, 0.1) is 6.54 Å². The first-order chi connectivity index (χ1) is 12.8. The van der Waals surface area contributed by atoms with Crippen LogP contribution in [0.1, 0.15) is 45.6 Å². The maximum atomic E-state index is 12.2. The van der Waals surface area contributed by atoms with Gasteiger partial charge in [0.25, 0.3) is 0 Å². The number of amides is 2. The summed E-state index contributed by atoms with van der Waals surface area (Å²) in [5.74, 6) is 0.574. The Balaban J connectivity index is 1.86. The average molecular weight is 367 g/mol. The van der Waals surface area contributed by atoms with E-state index < -0.39 is 0 Å². The summed E-state index contributed by atoms with van der Waals surface area (Å²) in [7, 11) is 0. The number of para-hydroxylation sites is 1. The van der Waals surface area contributed by atoms with Gasteiger partial charge in [-0.1, -0.05) is 45.9 Å². The van der Waals surface area contributed by atoms with Gasteiger partial charge in [-0.25, -0.2) is 0 Å². The van der Waals surface area contributed by atoms with E-state index in [1.54, 1.807) is 0 Å². The van der Waals surface area contributed by atoms with Crippen LogP contribution < -0.4 is 16.0 Å². The number of carbonyl (C=O) groups excluding carboxylic acids is 2. The molecule has 0 heterocycles. The molecule has 2 aromatic rings. The third kappa shape index (κ3) is 6.77. The molecule has 0 saturated carbocycles. The third-order valence-corrected chi connectivity index (χ3v) is 4.07. The van der Waals surface area contributed by atoms with Gasteiger partial charge in [-0.3, -0.25) is 9.59 Å². The summed E-state index contributed by atoms with van der Waals surface area (Å²) in [6.07, 6.45) is 0.498. The van der Waals surface area contributed by atoms with Crippen molar-refractivity contribution in [1.29, 1.82) is 0 Å². The molecule has 5 heteroatoms. The van der Waals surface area contributed by atoms with Crippen LogP contribution in [-0.4, -0.2) is 18.4 Å². The SMILES string of the molecule is CC(C)CC(=O)Nc1ccc(NCC(=O)Nc2ccccc2C(C)C)cc1. The molecule has 0 aliphatic heterocycles. The third-order valence-electron chi connectivity index (χ3n) is 4.07. The molecule has 0 atom stereocenters. The molecular formula is C22H29N3O2. The van der Waals surface area contributed by atoms with Crippen molar-refractivity contribution in [2.24, 2.45) is 5.92 Å². The molecule has 2 aromatic carbocycles. The van der Waals surface area contributed by atoms with Crippen molar-refractivity contribution in [3.8, 4) is 0 Å². The highest BCUT2D eigenvalue weighted by atomic mass is 16.2. The molecule has 0 fully saturated rings. The first-order valence-electron chi connectivity index (χ1n) is 9.37. The molecule has 0 unspecified atom stereocenters. The fourth-order valence-electron chi connectivity index (χ4n) is 2.75. The van der Waals surface area contributed by atoms with Crippen molar-refractivity contribution in [2.45, 2.75) is 40.0 Å². The first kappa shape index (κ1) is 20.5. The van der Waals surface area contributed by atoms with Gasteiger partial charge in [-0.05, 0) is 47.7 Å². The van der Waals surface area contributed by atoms with E-state index in [1.165, 1.54) is 0 Å². The van der Waals surface area contributed by atoms with Gasteiger partial charge in [0, 0.05) is 23.5 Å². The Bertz CT molecular complexity index is 767. The average Bonchev–Trinajstić information content (AvgIpc) is 2.60. The Morgan fingerprint density at radius 3 is 2.07 bits per heavy atom. The molecule has 0 aliphatic rings. The van der Waals surface area contributed by atoms with Crippen molar-refractivity contribution in [1.82, 2.24) is 0 Å². The van der Waals surface area contributed by atoms with Gasteiger partial charge in [0.1, 0.15) is 0 Å². The molecule has 3 N–H and O–H groups in total. The van der Waals surface area contributed by atoms with E-state index in [4.69, 9.17) is 0 Å². The number of hydrogen-bond acceptors (Lipinski definition) is 3. The molecule has 2 amide bonds. The normalized spacial score (nSPS) is 10.7. The number of anilines is 3. The van der Waals surface area contributed by atoms with Gasteiger partial charge in [-0.15, -0.1) is 0 Å². The molecule has 0 bridgehead atoms. The quantitative estimate of drug-likeness (QED) is 0.625. The van der Waals surface area contributed by atoms with Crippen molar-refractivity contribution in [2.75, 3.05) is 22.5 Å². The molecule has 144 valence electrons. The van der Waals surface area contributed by atoms with Crippen LogP contribution in [0.3, 0.4) is 0 Å². The van der Waals surface area contributed by atoms with Gasteiger partial charge in [0.2, 0.25) is 11.8 Å². The summed E-state index contributed by atoms with van der Waals surface area (Å²) in [6.45, 7) is 8.40. The molecule has 0 saturated heterocycles. The van der Waals surface area contributed by atoms with E-state index in [0.29, 0.717) is 18.3 Å². The minimum atomic E-state index is -0.0996. The zero-order chi connectivity index (χ0) is 19.8. The van der Waals surface area contributed by atoms with Crippen LogP contribution in [0.15, 0.2) is 48.5 Å². The standard InChI is InChI=1S/C22H29N3O2/c1-15(2)13-21(26)24-18-11-9-17(10-12-18)23-14-22(27)25-20-8-6-5-7-19(20)16(3)4/h5-12,15-16,23H,13-14H2,1-4H3,(H,24,26)(H,25,27). The lowest BCUT2D eigenvalue weighted by molar-refractivity contribution is -0.117. The number of nitrogens with one attached hydrogen (secondary N) is 3. The fraction of sp³-hybridized carbons (Fsp3) is 0.364. The summed E-state index contributed by atoms with van der Waals surface area (Å²) >= 11 is 0. The number of rotatable bonds is 8. The van der Waals surface area contributed by atoms with Crippen molar-refractivity contribution in [3.63, 3.8) is 0 Å². The zero-order valence-corrected chi connectivity index (χ0v) is 16.5. The summed E-state index contributed by atoms with van der Waals surface area (Å²) in [4.78, 5) is 24.0. The van der Waals surface area contributed by atoms with Crippen LogP contribution in [0.4, 0.5) is 17.1 Å². The van der Waals surface area contributed by atoms with E-state index in [2.05, 4.69) is 29.8 Å². The molecule has 0 spiro atoms. The Kier molecular flexibility index (Phi) is 7.41. The minimum absolute atomic E-state index is 0.00825. The van der Waals surface area contributed by atoms with Crippen molar-refractivity contribution >= 4 is 28.9 Å². The molecule has 0 radical (unpaired) electrons. The van der Waals surface area contributed by atoms with Crippen LogP contribution in [0, 0.1) is 5.92 Å². The Hall–Kier alpha value is -2.82. The van der Waals surface area contributed by atoms with Crippen molar-refractivity contribution < 1.29 is 9.59 Å². The van der Waals surface area contributed by atoms with Crippen LogP contribution in [0.2, 0.25) is 0 Å². The maximum absolute atomic E-state index is 12.2. The molecule has 5 nitrogen and oxygen atoms in total. The van der Waals surface area contributed by atoms with Crippen LogP contribution >= 0.6 is 0 Å². The maximum Gasteiger partial charge on any atom is 0.243 e. The second-order valence-electron chi connectivity index (χ2n) is 7.37. The summed E-state index contributed by atoms with van der Waals surface area (Å²) in [5.41, 5.74) is 3.54. The smallest absolute Gasteiger partial charge is 0.243 e. The molecule has 0 aromatic heterocycles. The van der Waals surface area contributed by atoms with Crippen LogP contribution in [-0.2, 0) is 9.59 Å². The zero-order valence-electron chi connectivity index (χ0n) is 16.5. The molecule has 0 aliphatic carbocycles. The molecule has 2 rings (SSSR count). The van der Waals surface area contributed by atoms with E-state index in [0.717, 1.165) is 22.6 Å². The Morgan fingerprint density at radius 2 is 1.44 bits per heavy atom. The summed E-state index contributed by atoms with van der Waals surface area (Å²) in [6, 6.07) is 15.2. The topological polar surface area (TPSA) is 70.2 Å². The highest BCUT2D eigenvalue weighted by Crippen LogP contribution is 2.23. The second kappa shape index (κ2) is 9.76. The van der Waals surface area contributed by atoms with E-state index in [9.17, 15) is 9.59 Å². The highest BCUT2D eigenvalue weighted by molar-refractivity contribution is 5.94. The van der Waals surface area contributed by atoms with Gasteiger partial charge in [-0.2, -0.15) is 0 Å². The minimum Gasteiger partial charge on any atom is -0.376 e. The van der Waals surface area contributed by atoms with E-state index >= 15 is 0 Å². The van der Waals surface area contributed by atoms with Gasteiger partial charge < -0.3 is 16.0 Å².